The molecule has 0 bridgehead atoms. The van der Waals surface area contributed by atoms with Crippen molar-refractivity contribution in [3.8, 4) is 16.3 Å². The number of aromatic amines is 1. The number of rotatable bonds is 4. The van der Waals surface area contributed by atoms with Crippen molar-refractivity contribution in [1.29, 1.82) is 0 Å². The number of hydrazone groups is 1. The van der Waals surface area contributed by atoms with Crippen molar-refractivity contribution in [2.75, 3.05) is 0 Å². The van der Waals surface area contributed by atoms with Gasteiger partial charge in [-0.25, -0.2) is 5.43 Å². The number of H-pyrrole nitrogens is 1. The van der Waals surface area contributed by atoms with E-state index in [0.717, 1.165) is 10.6 Å². The minimum Gasteiger partial charge on any atom is -0.507 e. The highest BCUT2D eigenvalue weighted by Gasteiger charge is 2.11. The van der Waals surface area contributed by atoms with E-state index in [0.29, 0.717) is 5.56 Å². The number of nitrogens with one attached hydrogen (secondary N) is 2. The minimum atomic E-state index is -0.425. The van der Waals surface area contributed by atoms with E-state index < -0.39 is 5.91 Å². The van der Waals surface area contributed by atoms with Crippen LogP contribution in [0.1, 0.15) is 16.1 Å². The lowest BCUT2D eigenvalue weighted by molar-refractivity contribution is 0.0950. The number of thiophene rings is 1. The van der Waals surface area contributed by atoms with Crippen LogP contribution in [0.15, 0.2) is 52.9 Å². The predicted octanol–water partition coefficient (Wildman–Crippen LogP) is 2.61. The third-order valence-electron chi connectivity index (χ3n) is 2.90. The summed E-state index contributed by atoms with van der Waals surface area (Å²) in [5.74, 6) is -0.328. The third kappa shape index (κ3) is 3.04. The first kappa shape index (κ1) is 14.0. The van der Waals surface area contributed by atoms with Gasteiger partial charge >= 0.3 is 0 Å². The summed E-state index contributed by atoms with van der Waals surface area (Å²) in [6.07, 6.45) is 1.38. The molecule has 0 saturated carbocycles. The quantitative estimate of drug-likeness (QED) is 0.511. The molecule has 110 valence electrons. The minimum absolute atomic E-state index is 0.0975. The molecule has 2 heterocycles. The Balaban J connectivity index is 1.67. The van der Waals surface area contributed by atoms with E-state index in [9.17, 15) is 9.90 Å². The van der Waals surface area contributed by atoms with Crippen LogP contribution < -0.4 is 5.43 Å². The molecule has 1 aromatic carbocycles. The zero-order chi connectivity index (χ0) is 15.4. The highest BCUT2D eigenvalue weighted by molar-refractivity contribution is 7.13. The first-order valence-electron chi connectivity index (χ1n) is 6.45. The second-order valence-electron chi connectivity index (χ2n) is 4.40. The Morgan fingerprint density at radius 3 is 2.95 bits per heavy atom. The number of amides is 1. The van der Waals surface area contributed by atoms with E-state index >= 15 is 0 Å². The molecule has 3 rings (SSSR count). The Kier molecular flexibility index (Phi) is 3.97. The van der Waals surface area contributed by atoms with Gasteiger partial charge in [-0.15, -0.1) is 11.3 Å². The van der Waals surface area contributed by atoms with E-state index in [1.807, 2.05) is 17.5 Å². The van der Waals surface area contributed by atoms with Crippen LogP contribution in [-0.2, 0) is 0 Å². The fourth-order valence-corrected chi connectivity index (χ4v) is 2.50. The van der Waals surface area contributed by atoms with Crippen molar-refractivity contribution in [3.63, 3.8) is 0 Å². The van der Waals surface area contributed by atoms with E-state index in [4.69, 9.17) is 0 Å². The molecule has 0 aliphatic carbocycles. The normalized spacial score (nSPS) is 10.9. The van der Waals surface area contributed by atoms with Gasteiger partial charge in [-0.1, -0.05) is 18.2 Å². The van der Waals surface area contributed by atoms with Crippen molar-refractivity contribution in [2.24, 2.45) is 5.10 Å². The van der Waals surface area contributed by atoms with Gasteiger partial charge in [-0.2, -0.15) is 10.2 Å². The summed E-state index contributed by atoms with van der Waals surface area (Å²) in [5.41, 5.74) is 3.92. The molecule has 0 fully saturated rings. The van der Waals surface area contributed by atoms with Gasteiger partial charge in [0.2, 0.25) is 0 Å². The van der Waals surface area contributed by atoms with Gasteiger partial charge in [0.1, 0.15) is 5.75 Å². The largest absolute Gasteiger partial charge is 0.507 e. The molecule has 6 nitrogen and oxygen atoms in total. The highest BCUT2D eigenvalue weighted by atomic mass is 32.1. The molecular weight excluding hydrogens is 300 g/mol. The molecular formula is C15H12N4O2S. The van der Waals surface area contributed by atoms with Crippen LogP contribution in [-0.4, -0.2) is 27.4 Å². The topological polar surface area (TPSA) is 90.4 Å². The van der Waals surface area contributed by atoms with Gasteiger partial charge in [0.15, 0.2) is 5.69 Å². The Morgan fingerprint density at radius 1 is 1.32 bits per heavy atom. The molecule has 0 radical (unpaired) electrons. The monoisotopic (exact) mass is 312 g/mol. The van der Waals surface area contributed by atoms with Gasteiger partial charge in [0.25, 0.3) is 5.91 Å². The third-order valence-corrected chi connectivity index (χ3v) is 3.81. The number of nitrogens with zero attached hydrogens (tertiary/aromatic N) is 2. The van der Waals surface area contributed by atoms with Crippen molar-refractivity contribution in [3.05, 3.63) is 59.1 Å². The molecule has 3 aromatic rings. The number of phenols is 1. The standard InChI is InChI=1S/C15H12N4O2S/c20-13-5-2-1-4-10(13)9-16-19-15(21)12-8-11(17-18-12)14-6-3-7-22-14/h1-9,20H,(H,17,18)(H,19,21). The summed E-state index contributed by atoms with van der Waals surface area (Å²) in [7, 11) is 0. The number of carbonyl (C=O) groups excluding carboxylic acids is 1. The smallest absolute Gasteiger partial charge is 0.291 e. The Bertz CT molecular complexity index is 809. The van der Waals surface area contributed by atoms with E-state index in [1.54, 1.807) is 41.7 Å². The van der Waals surface area contributed by atoms with Gasteiger partial charge in [0, 0.05) is 5.56 Å². The number of aromatic hydroxyl groups is 1. The predicted molar refractivity (Wildman–Crippen MR) is 85.1 cm³/mol. The number of para-hydroxylation sites is 1. The fraction of sp³-hybridized carbons (Fsp3) is 0. The number of hydrogen-bond donors (Lipinski definition) is 3. The second-order valence-corrected chi connectivity index (χ2v) is 5.35. The number of phenolic OH excluding ortho intramolecular Hbond substituents is 1. The molecule has 0 aliphatic heterocycles. The van der Waals surface area contributed by atoms with Gasteiger partial charge < -0.3 is 5.11 Å². The summed E-state index contributed by atoms with van der Waals surface area (Å²) in [4.78, 5) is 12.9. The van der Waals surface area contributed by atoms with Crippen LogP contribution in [0.5, 0.6) is 5.75 Å². The molecule has 22 heavy (non-hydrogen) atoms. The highest BCUT2D eigenvalue weighted by Crippen LogP contribution is 2.22. The maximum Gasteiger partial charge on any atom is 0.291 e. The van der Waals surface area contributed by atoms with Crippen LogP contribution in [0.4, 0.5) is 0 Å². The van der Waals surface area contributed by atoms with Gasteiger partial charge in [0.05, 0.1) is 16.8 Å². The Labute approximate surface area is 130 Å². The van der Waals surface area contributed by atoms with E-state index in [1.165, 1.54) is 6.21 Å². The SMILES string of the molecule is O=C(NN=Cc1ccccc1O)c1cc(-c2cccs2)[nH]n1. The van der Waals surface area contributed by atoms with Crippen LogP contribution in [0.2, 0.25) is 0 Å². The van der Waals surface area contributed by atoms with Crippen LogP contribution in [0, 0.1) is 0 Å². The molecule has 7 heteroatoms. The van der Waals surface area contributed by atoms with Gasteiger partial charge in [-0.3, -0.25) is 9.89 Å². The van der Waals surface area contributed by atoms with Crippen LogP contribution in [0.25, 0.3) is 10.6 Å². The number of carbonyl (C=O) groups is 1. The van der Waals surface area contributed by atoms with Gasteiger partial charge in [-0.05, 0) is 29.6 Å². The fourth-order valence-electron chi connectivity index (χ4n) is 1.81. The molecule has 2 aromatic heterocycles. The van der Waals surface area contributed by atoms with Crippen molar-refractivity contribution < 1.29 is 9.90 Å². The molecule has 0 aliphatic rings. The zero-order valence-electron chi connectivity index (χ0n) is 11.4. The molecule has 1 amide bonds. The summed E-state index contributed by atoms with van der Waals surface area (Å²) in [6, 6.07) is 12.2. The molecule has 0 saturated heterocycles. The summed E-state index contributed by atoms with van der Waals surface area (Å²) < 4.78 is 0. The second kappa shape index (κ2) is 6.23. The first-order chi connectivity index (χ1) is 10.7. The van der Waals surface area contributed by atoms with E-state index in [2.05, 4.69) is 20.7 Å². The molecule has 0 unspecified atom stereocenters. The Morgan fingerprint density at radius 2 is 2.18 bits per heavy atom. The van der Waals surface area contributed by atoms with Crippen molar-refractivity contribution in [2.45, 2.75) is 0 Å². The van der Waals surface area contributed by atoms with Crippen molar-refractivity contribution >= 4 is 23.5 Å². The number of benzene rings is 1. The number of aromatic nitrogens is 2. The maximum absolute atomic E-state index is 11.9. The Hall–Kier alpha value is -2.93. The van der Waals surface area contributed by atoms with Crippen LogP contribution in [0.3, 0.4) is 0 Å². The summed E-state index contributed by atoms with van der Waals surface area (Å²) >= 11 is 1.56. The lowest BCUT2D eigenvalue weighted by atomic mass is 10.2. The van der Waals surface area contributed by atoms with Crippen LogP contribution >= 0.6 is 11.3 Å². The average molecular weight is 312 g/mol. The molecule has 3 N–H and O–H groups in total. The summed E-state index contributed by atoms with van der Waals surface area (Å²) in [6.45, 7) is 0. The van der Waals surface area contributed by atoms with E-state index in [-0.39, 0.29) is 11.4 Å². The zero-order valence-corrected chi connectivity index (χ0v) is 12.2. The lowest BCUT2D eigenvalue weighted by Crippen LogP contribution is -2.18. The maximum atomic E-state index is 11.9. The first-order valence-corrected chi connectivity index (χ1v) is 7.32. The molecule has 0 atom stereocenters. The molecule has 0 spiro atoms. The number of hydrogen-bond acceptors (Lipinski definition) is 5. The average Bonchev–Trinajstić information content (AvgIpc) is 3.20. The summed E-state index contributed by atoms with van der Waals surface area (Å²) in [5, 5.41) is 22.1. The lowest BCUT2D eigenvalue weighted by Gasteiger charge is -1.97. The van der Waals surface area contributed by atoms with Crippen molar-refractivity contribution in [1.82, 2.24) is 15.6 Å².